The Morgan fingerprint density at radius 3 is 2.35 bits per heavy atom. The lowest BCUT2D eigenvalue weighted by Crippen LogP contribution is -2.50. The summed E-state index contributed by atoms with van der Waals surface area (Å²) in [5.41, 5.74) is 1.15. The molecule has 0 spiro atoms. The Morgan fingerprint density at radius 1 is 1.04 bits per heavy atom. The summed E-state index contributed by atoms with van der Waals surface area (Å²) in [5.74, 6) is 0.508. The van der Waals surface area contributed by atoms with Crippen LogP contribution in [0.1, 0.15) is 17.3 Å². The van der Waals surface area contributed by atoms with E-state index < -0.39 is 0 Å². The van der Waals surface area contributed by atoms with E-state index in [9.17, 15) is 9.59 Å². The quantitative estimate of drug-likeness (QED) is 0.868. The molecule has 0 atom stereocenters. The molecule has 0 saturated carbocycles. The number of nitrogens with zero attached hydrogens (tertiary/aromatic N) is 3. The number of aromatic nitrogens is 1. The molecule has 2 aromatic rings. The first-order valence-corrected chi connectivity index (χ1v) is 8.92. The number of hydrogen-bond donors (Lipinski definition) is 1. The number of rotatable bonds is 3. The van der Waals surface area contributed by atoms with Crippen molar-refractivity contribution in [2.75, 3.05) is 31.5 Å². The molecule has 1 aliphatic heterocycles. The van der Waals surface area contributed by atoms with Crippen molar-refractivity contribution in [1.82, 2.24) is 14.8 Å². The molecular weight excluding hydrogens is 375 g/mol. The second kappa shape index (κ2) is 7.93. The molecule has 8 heteroatoms. The highest BCUT2D eigenvalue weighted by Crippen LogP contribution is 2.27. The number of nitrogens with one attached hydrogen (secondary N) is 1. The number of carbonyl (C=O) groups excluding carboxylic acids is 2. The summed E-state index contributed by atoms with van der Waals surface area (Å²) in [5, 5.41) is 4.17. The summed E-state index contributed by atoms with van der Waals surface area (Å²) in [4.78, 5) is 31.7. The monoisotopic (exact) mass is 392 g/mol. The van der Waals surface area contributed by atoms with Gasteiger partial charge >= 0.3 is 0 Å². The van der Waals surface area contributed by atoms with Crippen molar-refractivity contribution in [2.45, 2.75) is 6.92 Å². The van der Waals surface area contributed by atoms with Crippen LogP contribution in [0.3, 0.4) is 0 Å². The summed E-state index contributed by atoms with van der Waals surface area (Å²) < 4.78 is 0. The maximum atomic E-state index is 12.6. The second-order valence-corrected chi connectivity index (χ2v) is 6.82. The molecule has 0 radical (unpaired) electrons. The van der Waals surface area contributed by atoms with Crippen LogP contribution in [0.4, 0.5) is 11.5 Å². The third kappa shape index (κ3) is 4.26. The lowest BCUT2D eigenvalue weighted by molar-refractivity contribution is -0.130. The molecule has 136 valence electrons. The Balaban J connectivity index is 1.65. The first-order chi connectivity index (χ1) is 12.4. The van der Waals surface area contributed by atoms with E-state index in [2.05, 4.69) is 10.3 Å². The number of amides is 2. The summed E-state index contributed by atoms with van der Waals surface area (Å²) >= 11 is 12.1. The highest BCUT2D eigenvalue weighted by Gasteiger charge is 2.23. The number of pyridine rings is 1. The minimum atomic E-state index is -0.0898. The largest absolute Gasteiger partial charge is 0.339 e. The Labute approximate surface area is 161 Å². The van der Waals surface area contributed by atoms with Crippen LogP contribution in [0.15, 0.2) is 36.5 Å². The van der Waals surface area contributed by atoms with Gasteiger partial charge in [0, 0.05) is 44.3 Å². The maximum Gasteiger partial charge on any atom is 0.255 e. The van der Waals surface area contributed by atoms with E-state index >= 15 is 0 Å². The number of anilines is 2. The van der Waals surface area contributed by atoms with E-state index in [0.29, 0.717) is 53.3 Å². The first-order valence-electron chi connectivity index (χ1n) is 8.17. The van der Waals surface area contributed by atoms with Gasteiger partial charge in [0.1, 0.15) is 5.82 Å². The predicted molar refractivity (Wildman–Crippen MR) is 102 cm³/mol. The van der Waals surface area contributed by atoms with E-state index in [1.54, 1.807) is 47.1 Å². The highest BCUT2D eigenvalue weighted by atomic mass is 35.5. The topological polar surface area (TPSA) is 65.5 Å². The smallest absolute Gasteiger partial charge is 0.255 e. The number of hydrogen-bond acceptors (Lipinski definition) is 4. The zero-order valence-electron chi connectivity index (χ0n) is 14.2. The van der Waals surface area contributed by atoms with Crippen molar-refractivity contribution < 1.29 is 9.59 Å². The number of carbonyl (C=O) groups is 2. The second-order valence-electron chi connectivity index (χ2n) is 5.98. The van der Waals surface area contributed by atoms with E-state index in [0.717, 1.165) is 0 Å². The van der Waals surface area contributed by atoms with Gasteiger partial charge in [-0.15, -0.1) is 0 Å². The van der Waals surface area contributed by atoms with E-state index in [1.165, 1.54) is 6.20 Å². The third-order valence-electron chi connectivity index (χ3n) is 4.21. The molecule has 0 aliphatic carbocycles. The molecule has 1 aromatic heterocycles. The lowest BCUT2D eigenvalue weighted by Gasteiger charge is -2.34. The van der Waals surface area contributed by atoms with Crippen molar-refractivity contribution in [3.63, 3.8) is 0 Å². The molecule has 6 nitrogen and oxygen atoms in total. The lowest BCUT2D eigenvalue weighted by atomic mass is 10.2. The number of piperazine rings is 1. The van der Waals surface area contributed by atoms with Gasteiger partial charge in [0.05, 0.1) is 16.3 Å². The fourth-order valence-corrected chi connectivity index (χ4v) is 3.07. The van der Waals surface area contributed by atoms with Gasteiger partial charge in [0.15, 0.2) is 0 Å². The molecule has 1 aromatic carbocycles. The van der Waals surface area contributed by atoms with Crippen LogP contribution in [0.5, 0.6) is 0 Å². The normalized spacial score (nSPS) is 14.3. The van der Waals surface area contributed by atoms with Crippen LogP contribution in [0.2, 0.25) is 10.0 Å². The van der Waals surface area contributed by atoms with Crippen LogP contribution < -0.4 is 5.32 Å². The SMILES string of the molecule is CC(=O)N1CCN(C(=O)c2ccc(Nc3cc(Cl)ccc3Cl)nc2)CC1. The van der Waals surface area contributed by atoms with Crippen molar-refractivity contribution >= 4 is 46.5 Å². The van der Waals surface area contributed by atoms with Crippen molar-refractivity contribution in [1.29, 1.82) is 0 Å². The summed E-state index contributed by atoms with van der Waals surface area (Å²) in [6.07, 6.45) is 1.53. The van der Waals surface area contributed by atoms with Gasteiger partial charge in [0.2, 0.25) is 5.91 Å². The molecular formula is C18H18Cl2N4O2. The van der Waals surface area contributed by atoms with E-state index in [-0.39, 0.29) is 11.8 Å². The third-order valence-corrected chi connectivity index (χ3v) is 4.78. The van der Waals surface area contributed by atoms with Gasteiger partial charge in [-0.2, -0.15) is 0 Å². The maximum absolute atomic E-state index is 12.6. The Bertz CT molecular complexity index is 818. The van der Waals surface area contributed by atoms with Crippen molar-refractivity contribution in [2.24, 2.45) is 0 Å². The van der Waals surface area contributed by atoms with Gasteiger partial charge < -0.3 is 15.1 Å². The molecule has 1 saturated heterocycles. The van der Waals surface area contributed by atoms with Crippen LogP contribution >= 0.6 is 23.2 Å². The molecule has 1 aliphatic rings. The zero-order chi connectivity index (χ0) is 18.7. The molecule has 1 N–H and O–H groups in total. The van der Waals surface area contributed by atoms with E-state index in [4.69, 9.17) is 23.2 Å². The number of halogens is 2. The molecule has 26 heavy (non-hydrogen) atoms. The Morgan fingerprint density at radius 2 is 1.73 bits per heavy atom. The molecule has 2 amide bonds. The summed E-state index contributed by atoms with van der Waals surface area (Å²) in [7, 11) is 0. The van der Waals surface area contributed by atoms with Gasteiger partial charge in [-0.25, -0.2) is 4.98 Å². The van der Waals surface area contributed by atoms with Gasteiger partial charge in [-0.3, -0.25) is 9.59 Å². The van der Waals surface area contributed by atoms with Gasteiger partial charge in [-0.05, 0) is 30.3 Å². The van der Waals surface area contributed by atoms with Gasteiger partial charge in [-0.1, -0.05) is 23.2 Å². The minimum Gasteiger partial charge on any atom is -0.339 e. The minimum absolute atomic E-state index is 0.0360. The molecule has 0 bridgehead atoms. The average molecular weight is 393 g/mol. The van der Waals surface area contributed by atoms with Crippen LogP contribution in [0, 0.1) is 0 Å². The number of benzene rings is 1. The standard InChI is InChI=1S/C18H18Cl2N4O2/c1-12(25)23-6-8-24(9-7-23)18(26)13-2-5-17(21-11-13)22-16-10-14(19)3-4-15(16)20/h2-5,10-11H,6-9H2,1H3,(H,21,22). The highest BCUT2D eigenvalue weighted by molar-refractivity contribution is 6.35. The molecule has 3 rings (SSSR count). The fraction of sp³-hybridized carbons (Fsp3) is 0.278. The summed E-state index contributed by atoms with van der Waals surface area (Å²) in [6.45, 7) is 3.70. The molecule has 0 unspecified atom stereocenters. The van der Waals surface area contributed by atoms with Crippen LogP contribution in [0.25, 0.3) is 0 Å². The fourth-order valence-electron chi connectivity index (χ4n) is 2.73. The van der Waals surface area contributed by atoms with Crippen LogP contribution in [-0.2, 0) is 4.79 Å². The zero-order valence-corrected chi connectivity index (χ0v) is 15.7. The van der Waals surface area contributed by atoms with Crippen molar-refractivity contribution in [3.8, 4) is 0 Å². The Kier molecular flexibility index (Phi) is 5.64. The molecule has 2 heterocycles. The predicted octanol–water partition coefficient (Wildman–Crippen LogP) is 3.44. The van der Waals surface area contributed by atoms with E-state index in [1.807, 2.05) is 0 Å². The first kappa shape index (κ1) is 18.5. The Hall–Kier alpha value is -2.31. The van der Waals surface area contributed by atoms with Crippen molar-refractivity contribution in [3.05, 3.63) is 52.1 Å². The van der Waals surface area contributed by atoms with Gasteiger partial charge in [0.25, 0.3) is 5.91 Å². The van der Waals surface area contributed by atoms with Crippen LogP contribution in [-0.4, -0.2) is 52.8 Å². The average Bonchev–Trinajstić information content (AvgIpc) is 2.65. The molecule has 1 fully saturated rings. The summed E-state index contributed by atoms with van der Waals surface area (Å²) in [6, 6.07) is 8.55.